The van der Waals surface area contributed by atoms with Crippen LogP contribution in [0.3, 0.4) is 0 Å². The van der Waals surface area contributed by atoms with Gasteiger partial charge in [0.1, 0.15) is 5.69 Å². The summed E-state index contributed by atoms with van der Waals surface area (Å²) in [6.45, 7) is 0. The number of carbonyl (C=O) groups is 3. The van der Waals surface area contributed by atoms with Crippen LogP contribution in [0.5, 0.6) is 0 Å². The number of aromatic nitrogens is 1. The molecule has 2 rings (SSSR count). The molecule has 1 aliphatic rings. The molecule has 1 aliphatic carbocycles. The minimum Gasteiger partial charge on any atom is -0.481 e. The maximum atomic E-state index is 11.9. The first-order chi connectivity index (χ1) is 9.47. The van der Waals surface area contributed by atoms with Crippen molar-refractivity contribution in [2.45, 2.75) is 25.3 Å². The summed E-state index contributed by atoms with van der Waals surface area (Å²) in [7, 11) is 0. The molecule has 7 heteroatoms. The van der Waals surface area contributed by atoms with Gasteiger partial charge >= 0.3 is 5.97 Å². The molecule has 4 N–H and O–H groups in total. The van der Waals surface area contributed by atoms with Crippen molar-refractivity contribution >= 4 is 17.8 Å². The molecule has 1 aromatic heterocycles. The first kappa shape index (κ1) is 14.0. The summed E-state index contributed by atoms with van der Waals surface area (Å²) in [6, 6.07) is 2.69. The van der Waals surface area contributed by atoms with Crippen molar-refractivity contribution in [3.05, 3.63) is 29.6 Å². The van der Waals surface area contributed by atoms with E-state index in [-0.39, 0.29) is 23.2 Å². The van der Waals surface area contributed by atoms with E-state index in [2.05, 4.69) is 10.3 Å². The highest BCUT2D eigenvalue weighted by Gasteiger charge is 2.30. The number of primary amides is 1. The third-order valence-corrected chi connectivity index (χ3v) is 3.40. The Labute approximate surface area is 115 Å². The number of nitrogens with two attached hydrogens (primary N) is 1. The lowest BCUT2D eigenvalue weighted by atomic mass is 10.1. The first-order valence-electron chi connectivity index (χ1n) is 6.27. The van der Waals surface area contributed by atoms with Crippen LogP contribution >= 0.6 is 0 Å². The Morgan fingerprint density at radius 3 is 2.55 bits per heavy atom. The van der Waals surface area contributed by atoms with E-state index in [1.165, 1.54) is 18.3 Å². The molecule has 1 aromatic rings. The van der Waals surface area contributed by atoms with Crippen molar-refractivity contribution in [1.82, 2.24) is 10.3 Å². The second-order valence-corrected chi connectivity index (χ2v) is 4.81. The molecule has 20 heavy (non-hydrogen) atoms. The molecule has 0 unspecified atom stereocenters. The minimum absolute atomic E-state index is 0.152. The van der Waals surface area contributed by atoms with Gasteiger partial charge in [0.15, 0.2) is 0 Å². The lowest BCUT2D eigenvalue weighted by molar-refractivity contribution is -0.141. The van der Waals surface area contributed by atoms with E-state index in [0.717, 1.165) is 0 Å². The van der Waals surface area contributed by atoms with Crippen molar-refractivity contribution in [3.8, 4) is 0 Å². The van der Waals surface area contributed by atoms with Crippen LogP contribution in [0.1, 0.15) is 40.1 Å². The number of nitrogens with zero attached hydrogens (tertiary/aromatic N) is 1. The number of amides is 2. The molecule has 106 valence electrons. The van der Waals surface area contributed by atoms with Gasteiger partial charge < -0.3 is 16.2 Å². The molecule has 0 aromatic carbocycles. The van der Waals surface area contributed by atoms with Crippen LogP contribution in [0.25, 0.3) is 0 Å². The second-order valence-electron chi connectivity index (χ2n) is 4.81. The van der Waals surface area contributed by atoms with Crippen LogP contribution in [0.4, 0.5) is 0 Å². The van der Waals surface area contributed by atoms with Gasteiger partial charge in [-0.3, -0.25) is 19.4 Å². The van der Waals surface area contributed by atoms with E-state index in [0.29, 0.717) is 19.3 Å². The zero-order valence-electron chi connectivity index (χ0n) is 10.7. The number of aliphatic carboxylic acids is 1. The Morgan fingerprint density at radius 2 is 2.05 bits per heavy atom. The smallest absolute Gasteiger partial charge is 0.306 e. The first-order valence-corrected chi connectivity index (χ1v) is 6.27. The van der Waals surface area contributed by atoms with Crippen LogP contribution in [-0.4, -0.2) is 33.9 Å². The standard InChI is InChI=1S/C13H15N3O4/c14-11(17)8-2-4-10(15-6-8)12(18)16-9-3-1-7(5-9)13(19)20/h2,4,6-7,9H,1,3,5H2,(H2,14,17)(H,16,18)(H,19,20)/t7-,9+/m0/s1. The largest absolute Gasteiger partial charge is 0.481 e. The fraction of sp³-hybridized carbons (Fsp3) is 0.385. The molecule has 2 amide bonds. The molecule has 0 spiro atoms. The Hall–Kier alpha value is -2.44. The number of nitrogens with one attached hydrogen (secondary N) is 1. The minimum atomic E-state index is -0.828. The van der Waals surface area contributed by atoms with E-state index in [9.17, 15) is 14.4 Å². The van der Waals surface area contributed by atoms with Crippen molar-refractivity contribution in [1.29, 1.82) is 0 Å². The summed E-state index contributed by atoms with van der Waals surface area (Å²) in [4.78, 5) is 37.5. The molecule has 0 saturated heterocycles. The SMILES string of the molecule is NC(=O)c1ccc(C(=O)N[C@@H]2CC[C@H](C(=O)O)C2)nc1. The van der Waals surface area contributed by atoms with Gasteiger partial charge in [-0.1, -0.05) is 0 Å². The second kappa shape index (κ2) is 5.68. The number of hydrogen-bond donors (Lipinski definition) is 3. The molecular formula is C13H15N3O4. The van der Waals surface area contributed by atoms with Crippen LogP contribution in [0.15, 0.2) is 18.3 Å². The van der Waals surface area contributed by atoms with Crippen molar-refractivity contribution < 1.29 is 19.5 Å². The lowest BCUT2D eigenvalue weighted by Crippen LogP contribution is -2.34. The molecule has 1 fully saturated rings. The highest BCUT2D eigenvalue weighted by atomic mass is 16.4. The van der Waals surface area contributed by atoms with Gasteiger partial charge in [-0.15, -0.1) is 0 Å². The van der Waals surface area contributed by atoms with E-state index < -0.39 is 17.8 Å². The van der Waals surface area contributed by atoms with Gasteiger partial charge in [0.25, 0.3) is 5.91 Å². The van der Waals surface area contributed by atoms with Crippen LogP contribution < -0.4 is 11.1 Å². The molecule has 1 heterocycles. The summed E-state index contributed by atoms with van der Waals surface area (Å²) in [5.41, 5.74) is 5.49. The monoisotopic (exact) mass is 277 g/mol. The fourth-order valence-electron chi connectivity index (χ4n) is 2.27. The predicted octanol–water partition coefficient (Wildman–Crippen LogP) is 0.164. The third kappa shape index (κ3) is 3.11. The normalized spacial score (nSPS) is 21.4. The summed E-state index contributed by atoms with van der Waals surface area (Å²) in [5.74, 6) is -2.21. The molecule has 0 radical (unpaired) electrons. The average molecular weight is 277 g/mol. The zero-order valence-corrected chi connectivity index (χ0v) is 10.7. The topological polar surface area (TPSA) is 122 Å². The summed E-state index contributed by atoms with van der Waals surface area (Å²) < 4.78 is 0. The Bertz CT molecular complexity index is 541. The lowest BCUT2D eigenvalue weighted by Gasteiger charge is -2.11. The Morgan fingerprint density at radius 1 is 1.30 bits per heavy atom. The average Bonchev–Trinajstić information content (AvgIpc) is 2.87. The molecule has 1 saturated carbocycles. The van der Waals surface area contributed by atoms with Gasteiger partial charge in [0.2, 0.25) is 5.91 Å². The fourth-order valence-corrected chi connectivity index (χ4v) is 2.27. The quantitative estimate of drug-likeness (QED) is 0.723. The van der Waals surface area contributed by atoms with Gasteiger partial charge in [0, 0.05) is 12.2 Å². The number of hydrogen-bond acceptors (Lipinski definition) is 4. The zero-order chi connectivity index (χ0) is 14.7. The predicted molar refractivity (Wildman–Crippen MR) is 69.0 cm³/mol. The maximum absolute atomic E-state index is 11.9. The highest BCUT2D eigenvalue weighted by Crippen LogP contribution is 2.25. The summed E-state index contributed by atoms with van der Waals surface area (Å²) >= 11 is 0. The maximum Gasteiger partial charge on any atom is 0.306 e. The third-order valence-electron chi connectivity index (χ3n) is 3.40. The van der Waals surface area contributed by atoms with Gasteiger partial charge in [0.05, 0.1) is 11.5 Å². The molecule has 2 atom stereocenters. The van der Waals surface area contributed by atoms with E-state index in [1.807, 2.05) is 0 Å². The summed E-state index contributed by atoms with van der Waals surface area (Å²) in [5, 5.41) is 11.6. The van der Waals surface area contributed by atoms with Crippen molar-refractivity contribution in [2.24, 2.45) is 11.7 Å². The Kier molecular flexibility index (Phi) is 3.97. The van der Waals surface area contributed by atoms with E-state index in [1.54, 1.807) is 0 Å². The van der Waals surface area contributed by atoms with Gasteiger partial charge in [-0.2, -0.15) is 0 Å². The van der Waals surface area contributed by atoms with Crippen LogP contribution in [-0.2, 0) is 4.79 Å². The van der Waals surface area contributed by atoms with Crippen LogP contribution in [0, 0.1) is 5.92 Å². The molecule has 7 nitrogen and oxygen atoms in total. The summed E-state index contributed by atoms with van der Waals surface area (Å²) in [6.07, 6.45) is 2.88. The molecule has 0 bridgehead atoms. The van der Waals surface area contributed by atoms with Crippen molar-refractivity contribution in [3.63, 3.8) is 0 Å². The number of carboxylic acids is 1. The number of carbonyl (C=O) groups excluding carboxylic acids is 2. The van der Waals surface area contributed by atoms with Crippen molar-refractivity contribution in [2.75, 3.05) is 0 Å². The van der Waals surface area contributed by atoms with E-state index >= 15 is 0 Å². The van der Waals surface area contributed by atoms with Gasteiger partial charge in [-0.05, 0) is 31.4 Å². The van der Waals surface area contributed by atoms with Crippen LogP contribution in [0.2, 0.25) is 0 Å². The molecular weight excluding hydrogens is 262 g/mol. The van der Waals surface area contributed by atoms with E-state index in [4.69, 9.17) is 10.8 Å². The number of rotatable bonds is 4. The Balaban J connectivity index is 1.95. The molecule has 0 aliphatic heterocycles. The van der Waals surface area contributed by atoms with Gasteiger partial charge in [-0.25, -0.2) is 0 Å². The number of carboxylic acid groups (broad SMARTS) is 1. The highest BCUT2D eigenvalue weighted by molar-refractivity contribution is 5.95. The number of pyridine rings is 1.